The van der Waals surface area contributed by atoms with Crippen LogP contribution in [0.3, 0.4) is 0 Å². The standard InChI is InChI=1S/C25H23N3O6S/c1-17(24(29)27-21-9-5-4-8-19(21)16-26)34-25(30)18-12-14-20(15-13-18)35(31,32)28(2)22-10-6-7-11-23(22)33-3/h4-15,17H,1-3H3,(H,27,29). The monoisotopic (exact) mass is 493 g/mol. The number of para-hydroxylation sites is 3. The van der Waals surface area contributed by atoms with Crippen LogP contribution in [0.1, 0.15) is 22.8 Å². The van der Waals surface area contributed by atoms with Gasteiger partial charge >= 0.3 is 5.97 Å². The summed E-state index contributed by atoms with van der Waals surface area (Å²) in [5.41, 5.74) is 1.00. The summed E-state index contributed by atoms with van der Waals surface area (Å²) in [4.78, 5) is 24.9. The van der Waals surface area contributed by atoms with Crippen molar-refractivity contribution in [2.45, 2.75) is 17.9 Å². The van der Waals surface area contributed by atoms with Gasteiger partial charge in [0.05, 0.1) is 34.5 Å². The lowest BCUT2D eigenvalue weighted by Gasteiger charge is -2.21. The summed E-state index contributed by atoms with van der Waals surface area (Å²) in [5.74, 6) is -1.02. The van der Waals surface area contributed by atoms with Crippen molar-refractivity contribution in [2.24, 2.45) is 0 Å². The van der Waals surface area contributed by atoms with E-state index in [4.69, 9.17) is 14.7 Å². The van der Waals surface area contributed by atoms with Gasteiger partial charge in [0.15, 0.2) is 6.10 Å². The number of rotatable bonds is 8. The number of nitriles is 1. The van der Waals surface area contributed by atoms with Crippen LogP contribution >= 0.6 is 0 Å². The maximum Gasteiger partial charge on any atom is 0.338 e. The molecule has 0 heterocycles. The molecule has 0 fully saturated rings. The lowest BCUT2D eigenvalue weighted by molar-refractivity contribution is -0.123. The minimum absolute atomic E-state index is 0.0404. The third-order valence-corrected chi connectivity index (χ3v) is 6.92. The summed E-state index contributed by atoms with van der Waals surface area (Å²) in [5, 5.41) is 11.7. The van der Waals surface area contributed by atoms with E-state index in [0.29, 0.717) is 17.1 Å². The Hall–Kier alpha value is -4.36. The number of nitrogens with one attached hydrogen (secondary N) is 1. The maximum atomic E-state index is 13.1. The molecule has 0 aliphatic rings. The number of ether oxygens (including phenoxy) is 2. The fraction of sp³-hybridized carbons (Fsp3) is 0.160. The molecule has 0 radical (unpaired) electrons. The van der Waals surface area contributed by atoms with E-state index in [9.17, 15) is 18.0 Å². The molecule has 180 valence electrons. The number of hydrogen-bond donors (Lipinski definition) is 1. The van der Waals surface area contributed by atoms with E-state index >= 15 is 0 Å². The van der Waals surface area contributed by atoms with E-state index in [-0.39, 0.29) is 16.0 Å². The highest BCUT2D eigenvalue weighted by atomic mass is 32.2. The Bertz CT molecular complexity index is 1380. The van der Waals surface area contributed by atoms with Crippen LogP contribution < -0.4 is 14.4 Å². The second-order valence-electron chi connectivity index (χ2n) is 7.36. The average Bonchev–Trinajstić information content (AvgIpc) is 2.88. The van der Waals surface area contributed by atoms with Crippen LogP contribution in [0.2, 0.25) is 0 Å². The smallest absolute Gasteiger partial charge is 0.338 e. The Morgan fingerprint density at radius 3 is 2.29 bits per heavy atom. The minimum atomic E-state index is -3.93. The van der Waals surface area contributed by atoms with Crippen molar-refractivity contribution in [3.8, 4) is 11.8 Å². The summed E-state index contributed by atoms with van der Waals surface area (Å²) in [6.07, 6.45) is -1.16. The van der Waals surface area contributed by atoms with Crippen molar-refractivity contribution < 1.29 is 27.5 Å². The van der Waals surface area contributed by atoms with E-state index in [1.54, 1.807) is 48.5 Å². The van der Waals surface area contributed by atoms with Gasteiger partial charge in [0.1, 0.15) is 11.8 Å². The van der Waals surface area contributed by atoms with E-state index in [2.05, 4.69) is 5.32 Å². The second kappa shape index (κ2) is 10.7. The molecule has 0 aromatic heterocycles. The number of nitrogens with zero attached hydrogens (tertiary/aromatic N) is 2. The lowest BCUT2D eigenvalue weighted by Crippen LogP contribution is -2.30. The van der Waals surface area contributed by atoms with E-state index < -0.39 is 28.0 Å². The van der Waals surface area contributed by atoms with Gasteiger partial charge in [-0.15, -0.1) is 0 Å². The molecule has 0 spiro atoms. The summed E-state index contributed by atoms with van der Waals surface area (Å²) >= 11 is 0. The minimum Gasteiger partial charge on any atom is -0.495 e. The van der Waals surface area contributed by atoms with Gasteiger partial charge in [0, 0.05) is 7.05 Å². The number of hydrogen-bond acceptors (Lipinski definition) is 7. The molecular formula is C25H23N3O6S. The van der Waals surface area contributed by atoms with Gasteiger partial charge in [0.25, 0.3) is 15.9 Å². The van der Waals surface area contributed by atoms with Gasteiger partial charge in [-0.1, -0.05) is 24.3 Å². The predicted molar refractivity (Wildman–Crippen MR) is 130 cm³/mol. The number of carbonyl (C=O) groups excluding carboxylic acids is 2. The molecule has 1 atom stereocenters. The molecule has 10 heteroatoms. The molecule has 0 aliphatic carbocycles. The molecule has 0 bridgehead atoms. The maximum absolute atomic E-state index is 13.1. The second-order valence-corrected chi connectivity index (χ2v) is 9.33. The highest BCUT2D eigenvalue weighted by molar-refractivity contribution is 7.92. The van der Waals surface area contributed by atoms with Gasteiger partial charge in [-0.05, 0) is 55.5 Å². The number of methoxy groups -OCH3 is 1. The molecule has 1 unspecified atom stereocenters. The third kappa shape index (κ3) is 5.59. The van der Waals surface area contributed by atoms with Crippen LogP contribution in [0, 0.1) is 11.3 Å². The first kappa shape index (κ1) is 25.3. The molecular weight excluding hydrogens is 470 g/mol. The number of carbonyl (C=O) groups is 2. The largest absolute Gasteiger partial charge is 0.495 e. The SMILES string of the molecule is COc1ccccc1N(C)S(=O)(=O)c1ccc(C(=O)OC(C)C(=O)Nc2ccccc2C#N)cc1. The Morgan fingerprint density at radius 1 is 1.00 bits per heavy atom. The van der Waals surface area contributed by atoms with Gasteiger partial charge in [-0.2, -0.15) is 5.26 Å². The molecule has 35 heavy (non-hydrogen) atoms. The Balaban J connectivity index is 1.70. The van der Waals surface area contributed by atoms with Gasteiger partial charge in [-0.3, -0.25) is 9.10 Å². The normalized spacial score (nSPS) is 11.6. The zero-order chi connectivity index (χ0) is 25.6. The van der Waals surface area contributed by atoms with Crippen LogP contribution in [-0.2, 0) is 19.6 Å². The Morgan fingerprint density at radius 2 is 1.63 bits per heavy atom. The Labute approximate surface area is 203 Å². The lowest BCUT2D eigenvalue weighted by atomic mass is 10.2. The zero-order valence-corrected chi connectivity index (χ0v) is 20.1. The zero-order valence-electron chi connectivity index (χ0n) is 19.3. The van der Waals surface area contributed by atoms with Crippen LogP contribution in [0.5, 0.6) is 5.75 Å². The summed E-state index contributed by atoms with van der Waals surface area (Å²) in [7, 11) is -1.08. The first-order valence-corrected chi connectivity index (χ1v) is 11.9. The van der Waals surface area contributed by atoms with Crippen molar-refractivity contribution >= 4 is 33.3 Å². The molecule has 0 aliphatic heterocycles. The highest BCUT2D eigenvalue weighted by Crippen LogP contribution is 2.31. The molecule has 0 saturated carbocycles. The first-order chi connectivity index (χ1) is 16.7. The fourth-order valence-electron chi connectivity index (χ4n) is 3.15. The van der Waals surface area contributed by atoms with Crippen LogP contribution in [0.25, 0.3) is 0 Å². The van der Waals surface area contributed by atoms with Gasteiger partial charge in [-0.25, -0.2) is 13.2 Å². The quantitative estimate of drug-likeness (QED) is 0.475. The topological polar surface area (TPSA) is 126 Å². The van der Waals surface area contributed by atoms with Gasteiger partial charge in [0.2, 0.25) is 0 Å². The van der Waals surface area contributed by atoms with Gasteiger partial charge < -0.3 is 14.8 Å². The summed E-state index contributed by atoms with van der Waals surface area (Å²) in [6, 6.07) is 20.3. The van der Waals surface area contributed by atoms with Crippen LogP contribution in [-0.4, -0.2) is 40.6 Å². The number of anilines is 2. The summed E-state index contributed by atoms with van der Waals surface area (Å²) < 4.78 is 37.6. The molecule has 3 rings (SSSR count). The van der Waals surface area contributed by atoms with E-state index in [0.717, 1.165) is 4.31 Å². The molecule has 9 nitrogen and oxygen atoms in total. The van der Waals surface area contributed by atoms with Crippen molar-refractivity contribution in [2.75, 3.05) is 23.8 Å². The fourth-order valence-corrected chi connectivity index (χ4v) is 4.35. The van der Waals surface area contributed by atoms with E-state index in [1.807, 2.05) is 6.07 Å². The highest BCUT2D eigenvalue weighted by Gasteiger charge is 2.25. The first-order valence-electron chi connectivity index (χ1n) is 10.4. The average molecular weight is 494 g/mol. The van der Waals surface area contributed by atoms with Crippen molar-refractivity contribution in [1.82, 2.24) is 0 Å². The number of sulfonamides is 1. The molecule has 0 saturated heterocycles. The number of benzene rings is 3. The van der Waals surface area contributed by atoms with Crippen molar-refractivity contribution in [1.29, 1.82) is 5.26 Å². The number of amides is 1. The van der Waals surface area contributed by atoms with Crippen LogP contribution in [0.15, 0.2) is 77.7 Å². The third-order valence-electron chi connectivity index (χ3n) is 5.13. The van der Waals surface area contributed by atoms with E-state index in [1.165, 1.54) is 45.3 Å². The Kier molecular flexibility index (Phi) is 7.73. The van der Waals surface area contributed by atoms with Crippen molar-refractivity contribution in [3.63, 3.8) is 0 Å². The predicted octanol–water partition coefficient (Wildman–Crippen LogP) is 3.58. The molecule has 3 aromatic carbocycles. The van der Waals surface area contributed by atoms with Crippen LogP contribution in [0.4, 0.5) is 11.4 Å². The molecule has 1 amide bonds. The summed E-state index contributed by atoms with van der Waals surface area (Å²) in [6.45, 7) is 1.39. The van der Waals surface area contributed by atoms with Crippen molar-refractivity contribution in [3.05, 3.63) is 83.9 Å². The molecule has 3 aromatic rings. The molecule has 1 N–H and O–H groups in total. The number of esters is 1.